The maximum Gasteiger partial charge on any atom is 0.0210 e. The zero-order valence-corrected chi connectivity index (χ0v) is 14.6. The fourth-order valence-corrected chi connectivity index (χ4v) is 4.28. The van der Waals surface area contributed by atoms with E-state index in [0.29, 0.717) is 12.1 Å². The minimum atomic E-state index is 0.688. The number of hydrogen-bond donors (Lipinski definition) is 1. The van der Waals surface area contributed by atoms with Gasteiger partial charge in [0.2, 0.25) is 0 Å². The van der Waals surface area contributed by atoms with Crippen LogP contribution in [0.4, 0.5) is 0 Å². The molecule has 1 aromatic carbocycles. The predicted molar refractivity (Wildman–Crippen MR) is 92.8 cm³/mol. The van der Waals surface area contributed by atoms with Crippen molar-refractivity contribution in [1.82, 2.24) is 10.2 Å². The predicted octanol–water partition coefficient (Wildman–Crippen LogP) is 4.16. The number of rotatable bonds is 5. The van der Waals surface area contributed by atoms with Gasteiger partial charge in [-0.05, 0) is 63.2 Å². The van der Waals surface area contributed by atoms with Crippen molar-refractivity contribution in [3.63, 3.8) is 0 Å². The Bertz CT molecular complexity index is 450. The minimum Gasteiger partial charge on any atom is -0.312 e. The van der Waals surface area contributed by atoms with Gasteiger partial charge in [-0.15, -0.1) is 0 Å². The number of halogens is 1. The van der Waals surface area contributed by atoms with Crippen molar-refractivity contribution in [2.45, 2.75) is 57.0 Å². The molecule has 0 aromatic heterocycles. The molecule has 0 amide bonds. The van der Waals surface area contributed by atoms with Crippen molar-refractivity contribution < 1.29 is 0 Å². The first-order valence-corrected chi connectivity index (χ1v) is 9.25. The van der Waals surface area contributed by atoms with Gasteiger partial charge in [0.15, 0.2) is 0 Å². The van der Waals surface area contributed by atoms with Crippen LogP contribution in [0, 0.1) is 0 Å². The summed E-state index contributed by atoms with van der Waals surface area (Å²) in [7, 11) is 0. The Morgan fingerprint density at radius 2 is 1.90 bits per heavy atom. The SMILES string of the molecule is CC(CNC1CC(c2ccccc2Br)C1)N1CCCCC1. The fourth-order valence-electron chi connectivity index (χ4n) is 3.67. The number of nitrogens with one attached hydrogen (secondary N) is 1. The van der Waals surface area contributed by atoms with Crippen molar-refractivity contribution in [1.29, 1.82) is 0 Å². The van der Waals surface area contributed by atoms with Gasteiger partial charge in [0, 0.05) is 23.1 Å². The lowest BCUT2D eigenvalue weighted by Crippen LogP contribution is -2.48. The van der Waals surface area contributed by atoms with Gasteiger partial charge in [-0.3, -0.25) is 4.90 Å². The number of nitrogens with zero attached hydrogens (tertiary/aromatic N) is 1. The summed E-state index contributed by atoms with van der Waals surface area (Å²) in [6, 6.07) is 10.1. The van der Waals surface area contributed by atoms with Crippen LogP contribution in [-0.4, -0.2) is 36.6 Å². The molecule has 1 aromatic rings. The standard InChI is InChI=1S/C18H27BrN2/c1-14(21-9-5-2-6-10-21)13-20-16-11-15(12-16)17-7-3-4-8-18(17)19/h3-4,7-8,14-16,20H,2,5-6,9-13H2,1H3. The van der Waals surface area contributed by atoms with Gasteiger partial charge in [-0.2, -0.15) is 0 Å². The molecule has 116 valence electrons. The summed E-state index contributed by atoms with van der Waals surface area (Å²) >= 11 is 3.68. The molecule has 3 rings (SSSR count). The van der Waals surface area contributed by atoms with E-state index in [1.54, 1.807) is 0 Å². The quantitative estimate of drug-likeness (QED) is 0.857. The zero-order chi connectivity index (χ0) is 14.7. The van der Waals surface area contributed by atoms with Gasteiger partial charge >= 0.3 is 0 Å². The maximum atomic E-state index is 3.78. The average molecular weight is 351 g/mol. The van der Waals surface area contributed by atoms with Crippen molar-refractivity contribution in [2.24, 2.45) is 0 Å². The van der Waals surface area contributed by atoms with Crippen LogP contribution in [0.5, 0.6) is 0 Å². The lowest BCUT2D eigenvalue weighted by molar-refractivity contribution is 0.160. The van der Waals surface area contributed by atoms with Gasteiger partial charge in [-0.1, -0.05) is 40.5 Å². The molecular weight excluding hydrogens is 324 g/mol. The third-order valence-corrected chi connectivity index (χ3v) is 5.92. The second-order valence-electron chi connectivity index (χ2n) is 6.74. The van der Waals surface area contributed by atoms with Crippen molar-refractivity contribution in [3.8, 4) is 0 Å². The molecule has 1 saturated carbocycles. The molecular formula is C18H27BrN2. The molecule has 1 aliphatic heterocycles. The molecule has 2 aliphatic rings. The Morgan fingerprint density at radius 3 is 2.62 bits per heavy atom. The van der Waals surface area contributed by atoms with Crippen LogP contribution in [0.2, 0.25) is 0 Å². The van der Waals surface area contributed by atoms with Crippen LogP contribution >= 0.6 is 15.9 Å². The van der Waals surface area contributed by atoms with Crippen LogP contribution in [0.15, 0.2) is 28.7 Å². The minimum absolute atomic E-state index is 0.688. The van der Waals surface area contributed by atoms with Gasteiger partial charge in [-0.25, -0.2) is 0 Å². The molecule has 1 atom stereocenters. The summed E-state index contributed by atoms with van der Waals surface area (Å²) in [4.78, 5) is 2.65. The summed E-state index contributed by atoms with van der Waals surface area (Å²) in [6.07, 6.45) is 6.77. The second kappa shape index (κ2) is 7.26. The molecule has 0 bridgehead atoms. The van der Waals surface area contributed by atoms with E-state index in [-0.39, 0.29) is 0 Å². The summed E-state index contributed by atoms with van der Waals surface area (Å²) in [5, 5.41) is 3.78. The van der Waals surface area contributed by atoms with E-state index in [0.717, 1.165) is 12.5 Å². The molecule has 0 radical (unpaired) electrons. The largest absolute Gasteiger partial charge is 0.312 e. The Labute approximate surface area is 137 Å². The van der Waals surface area contributed by atoms with Gasteiger partial charge in [0.25, 0.3) is 0 Å². The highest BCUT2D eigenvalue weighted by molar-refractivity contribution is 9.10. The van der Waals surface area contributed by atoms with E-state index >= 15 is 0 Å². The van der Waals surface area contributed by atoms with Crippen molar-refractivity contribution >= 4 is 15.9 Å². The Morgan fingerprint density at radius 1 is 1.19 bits per heavy atom. The van der Waals surface area contributed by atoms with Crippen LogP contribution < -0.4 is 5.32 Å². The van der Waals surface area contributed by atoms with E-state index in [9.17, 15) is 0 Å². The second-order valence-corrected chi connectivity index (χ2v) is 7.59. The summed E-state index contributed by atoms with van der Waals surface area (Å²) in [5.41, 5.74) is 1.49. The molecule has 1 saturated heterocycles. The third kappa shape index (κ3) is 3.88. The molecule has 1 N–H and O–H groups in total. The highest BCUT2D eigenvalue weighted by Crippen LogP contribution is 2.39. The first-order chi connectivity index (χ1) is 10.2. The third-order valence-electron chi connectivity index (χ3n) is 5.20. The molecule has 21 heavy (non-hydrogen) atoms. The first kappa shape index (κ1) is 15.5. The van der Waals surface area contributed by atoms with Crippen molar-refractivity contribution in [2.75, 3.05) is 19.6 Å². The number of hydrogen-bond acceptors (Lipinski definition) is 2. The van der Waals surface area contributed by atoms with E-state index < -0.39 is 0 Å². The molecule has 0 spiro atoms. The van der Waals surface area contributed by atoms with E-state index in [2.05, 4.69) is 57.3 Å². The molecule has 2 fully saturated rings. The number of benzene rings is 1. The van der Waals surface area contributed by atoms with Crippen LogP contribution in [-0.2, 0) is 0 Å². The first-order valence-electron chi connectivity index (χ1n) is 8.46. The highest BCUT2D eigenvalue weighted by atomic mass is 79.9. The summed E-state index contributed by atoms with van der Waals surface area (Å²) in [6.45, 7) is 6.12. The monoisotopic (exact) mass is 350 g/mol. The molecule has 1 unspecified atom stereocenters. The van der Waals surface area contributed by atoms with Gasteiger partial charge < -0.3 is 5.32 Å². The zero-order valence-electron chi connectivity index (χ0n) is 13.0. The summed E-state index contributed by atoms with van der Waals surface area (Å²) < 4.78 is 1.27. The van der Waals surface area contributed by atoms with Crippen LogP contribution in [0.25, 0.3) is 0 Å². The average Bonchev–Trinajstić information content (AvgIpc) is 2.48. The van der Waals surface area contributed by atoms with Gasteiger partial charge in [0.05, 0.1) is 0 Å². The molecule has 1 heterocycles. The summed E-state index contributed by atoms with van der Waals surface area (Å²) in [5.74, 6) is 0.739. The topological polar surface area (TPSA) is 15.3 Å². The van der Waals surface area contributed by atoms with E-state index in [1.165, 1.54) is 55.2 Å². The fraction of sp³-hybridized carbons (Fsp3) is 0.667. The normalized spacial score (nSPS) is 28.1. The smallest absolute Gasteiger partial charge is 0.0210 e. The number of piperidine rings is 1. The number of likely N-dealkylation sites (tertiary alicyclic amines) is 1. The molecule has 2 nitrogen and oxygen atoms in total. The molecule has 1 aliphatic carbocycles. The molecule has 3 heteroatoms. The van der Waals surface area contributed by atoms with Gasteiger partial charge in [0.1, 0.15) is 0 Å². The Kier molecular flexibility index (Phi) is 5.36. The Balaban J connectivity index is 1.40. The van der Waals surface area contributed by atoms with Crippen LogP contribution in [0.3, 0.4) is 0 Å². The Hall–Kier alpha value is -0.380. The van der Waals surface area contributed by atoms with Crippen LogP contribution in [0.1, 0.15) is 50.5 Å². The van der Waals surface area contributed by atoms with Crippen molar-refractivity contribution in [3.05, 3.63) is 34.3 Å². The highest BCUT2D eigenvalue weighted by Gasteiger charge is 2.31. The van der Waals surface area contributed by atoms with E-state index in [4.69, 9.17) is 0 Å². The maximum absolute atomic E-state index is 3.78. The van der Waals surface area contributed by atoms with E-state index in [1.807, 2.05) is 0 Å². The lowest BCUT2D eigenvalue weighted by Gasteiger charge is -2.39. The lowest BCUT2D eigenvalue weighted by atomic mass is 9.76.